The molecule has 3 rings (SSSR count). The number of benzene rings is 1. The van der Waals surface area contributed by atoms with Crippen molar-refractivity contribution in [1.29, 1.82) is 0 Å². The Balaban J connectivity index is 1.78. The van der Waals surface area contributed by atoms with E-state index in [-0.39, 0.29) is 17.7 Å². The van der Waals surface area contributed by atoms with Crippen LogP contribution in [0.4, 0.5) is 5.69 Å². The van der Waals surface area contributed by atoms with Gasteiger partial charge >= 0.3 is 0 Å². The average molecular weight is 424 g/mol. The van der Waals surface area contributed by atoms with Crippen molar-refractivity contribution in [3.8, 4) is 11.5 Å². The van der Waals surface area contributed by atoms with Gasteiger partial charge in [0.05, 0.1) is 11.1 Å². The summed E-state index contributed by atoms with van der Waals surface area (Å²) in [5.74, 6) is -2.70. The Morgan fingerprint density at radius 1 is 0.839 bits per heavy atom. The summed E-state index contributed by atoms with van der Waals surface area (Å²) >= 11 is 0. The second kappa shape index (κ2) is 8.57. The van der Waals surface area contributed by atoms with Crippen molar-refractivity contribution in [2.24, 2.45) is 14.1 Å². The topological polar surface area (TPSA) is 143 Å². The Kier molecular flexibility index (Phi) is 5.91. The summed E-state index contributed by atoms with van der Waals surface area (Å²) in [6.45, 7) is -0.0214. The molecule has 10 heteroatoms. The Hall–Kier alpha value is -4.34. The summed E-state index contributed by atoms with van der Waals surface area (Å²) in [5.41, 5.74) is -0.894. The summed E-state index contributed by atoms with van der Waals surface area (Å²) in [7, 11) is 2.89. The van der Waals surface area contributed by atoms with Crippen LogP contribution in [0.3, 0.4) is 0 Å². The summed E-state index contributed by atoms with van der Waals surface area (Å²) in [6, 6.07) is 9.24. The van der Waals surface area contributed by atoms with Gasteiger partial charge in [0, 0.05) is 38.7 Å². The lowest BCUT2D eigenvalue weighted by Gasteiger charge is -2.13. The number of pyridine rings is 2. The fraction of sp³-hybridized carbons (Fsp3) is 0.143. The molecule has 0 atom stereocenters. The molecule has 1 aromatic carbocycles. The van der Waals surface area contributed by atoms with E-state index in [1.165, 1.54) is 38.6 Å². The van der Waals surface area contributed by atoms with Crippen LogP contribution in [-0.2, 0) is 20.6 Å². The summed E-state index contributed by atoms with van der Waals surface area (Å²) in [6.07, 6.45) is 2.72. The Bertz CT molecular complexity index is 1290. The minimum atomic E-state index is -0.706. The number of aromatic hydroxyl groups is 2. The zero-order valence-corrected chi connectivity index (χ0v) is 16.7. The molecule has 3 aromatic rings. The highest BCUT2D eigenvalue weighted by atomic mass is 16.3. The van der Waals surface area contributed by atoms with Gasteiger partial charge in [0.2, 0.25) is 0 Å². The van der Waals surface area contributed by atoms with Gasteiger partial charge < -0.3 is 30.0 Å². The van der Waals surface area contributed by atoms with E-state index in [1.807, 2.05) is 0 Å². The number of hydrogen-bond donors (Lipinski definition) is 4. The minimum Gasteiger partial charge on any atom is -0.502 e. The largest absolute Gasteiger partial charge is 0.502 e. The van der Waals surface area contributed by atoms with E-state index in [0.29, 0.717) is 11.3 Å². The molecule has 0 saturated heterocycles. The van der Waals surface area contributed by atoms with Crippen LogP contribution in [0.25, 0.3) is 0 Å². The number of carbonyl (C=O) groups excluding carboxylic acids is 2. The molecule has 0 unspecified atom stereocenters. The van der Waals surface area contributed by atoms with Gasteiger partial charge in [0.25, 0.3) is 22.9 Å². The molecule has 0 bridgehead atoms. The summed E-state index contributed by atoms with van der Waals surface area (Å²) < 4.78 is 2.28. The first-order valence-electron chi connectivity index (χ1n) is 9.15. The smallest absolute Gasteiger partial charge is 0.293 e. The molecule has 0 saturated carbocycles. The van der Waals surface area contributed by atoms with Crippen LogP contribution in [0.1, 0.15) is 26.3 Å². The molecule has 2 aromatic heterocycles. The molecule has 160 valence electrons. The molecular weight excluding hydrogens is 404 g/mol. The maximum atomic E-state index is 12.5. The molecule has 10 nitrogen and oxygen atoms in total. The van der Waals surface area contributed by atoms with E-state index >= 15 is 0 Å². The summed E-state index contributed by atoms with van der Waals surface area (Å²) in [5, 5.41) is 25.1. The molecule has 0 aliphatic carbocycles. The molecule has 2 amide bonds. The van der Waals surface area contributed by atoms with Gasteiger partial charge in [-0.1, -0.05) is 18.2 Å². The van der Waals surface area contributed by atoms with Gasteiger partial charge in [-0.05, 0) is 23.8 Å². The number of anilines is 1. The second-order valence-electron chi connectivity index (χ2n) is 6.78. The van der Waals surface area contributed by atoms with Crippen LogP contribution in [-0.4, -0.2) is 31.2 Å². The van der Waals surface area contributed by atoms with E-state index in [9.17, 15) is 29.4 Å². The van der Waals surface area contributed by atoms with Crippen LogP contribution in [0.5, 0.6) is 11.5 Å². The van der Waals surface area contributed by atoms with Gasteiger partial charge in [-0.15, -0.1) is 0 Å². The van der Waals surface area contributed by atoms with Crippen LogP contribution in [0.2, 0.25) is 0 Å². The predicted octanol–water partition coefficient (Wildman–Crippen LogP) is 0.677. The Morgan fingerprint density at radius 3 is 1.94 bits per heavy atom. The monoisotopic (exact) mass is 424 g/mol. The normalized spacial score (nSPS) is 10.5. The molecular formula is C21H20N4O6. The van der Waals surface area contributed by atoms with Gasteiger partial charge in [-0.25, -0.2) is 0 Å². The third kappa shape index (κ3) is 4.32. The number of aromatic nitrogens is 2. The number of nitrogens with zero attached hydrogens (tertiary/aromatic N) is 2. The van der Waals surface area contributed by atoms with Crippen LogP contribution in [0, 0.1) is 0 Å². The third-order valence-corrected chi connectivity index (χ3v) is 4.68. The molecule has 4 N–H and O–H groups in total. The number of para-hydroxylation sites is 1. The molecule has 0 radical (unpaired) electrons. The highest BCUT2D eigenvalue weighted by Gasteiger charge is 2.18. The maximum Gasteiger partial charge on any atom is 0.293 e. The van der Waals surface area contributed by atoms with Gasteiger partial charge in [-0.3, -0.25) is 19.2 Å². The van der Waals surface area contributed by atoms with Gasteiger partial charge in [0.15, 0.2) is 11.5 Å². The van der Waals surface area contributed by atoms with Crippen molar-refractivity contribution >= 4 is 17.5 Å². The summed E-state index contributed by atoms with van der Waals surface area (Å²) in [4.78, 5) is 48.6. The Morgan fingerprint density at radius 2 is 1.35 bits per heavy atom. The first kappa shape index (κ1) is 21.4. The fourth-order valence-corrected chi connectivity index (χ4v) is 2.85. The lowest BCUT2D eigenvalue weighted by Crippen LogP contribution is -2.27. The lowest BCUT2D eigenvalue weighted by molar-refractivity contribution is 0.0947. The van der Waals surface area contributed by atoms with Crippen molar-refractivity contribution in [3.63, 3.8) is 0 Å². The van der Waals surface area contributed by atoms with Gasteiger partial charge in [-0.2, -0.15) is 0 Å². The van der Waals surface area contributed by atoms with Crippen molar-refractivity contribution in [2.75, 3.05) is 5.32 Å². The first-order valence-corrected chi connectivity index (χ1v) is 9.15. The van der Waals surface area contributed by atoms with Crippen LogP contribution >= 0.6 is 0 Å². The maximum absolute atomic E-state index is 12.5. The highest BCUT2D eigenvalue weighted by Crippen LogP contribution is 2.19. The second-order valence-corrected chi connectivity index (χ2v) is 6.78. The molecule has 31 heavy (non-hydrogen) atoms. The van der Waals surface area contributed by atoms with Crippen LogP contribution < -0.4 is 21.8 Å². The van der Waals surface area contributed by atoms with Gasteiger partial charge in [0.1, 0.15) is 0 Å². The average Bonchev–Trinajstić information content (AvgIpc) is 2.75. The third-order valence-electron chi connectivity index (χ3n) is 4.68. The number of nitrogens with one attached hydrogen (secondary N) is 2. The van der Waals surface area contributed by atoms with E-state index in [0.717, 1.165) is 9.13 Å². The fourth-order valence-electron chi connectivity index (χ4n) is 2.85. The minimum absolute atomic E-state index is 0.0214. The SMILES string of the molecule is Cn1ccc(C(=O)NCc2ccccc2NC(=O)c2ccn(C)c(=O)c2O)c(O)c1=O. The molecule has 0 spiro atoms. The number of carbonyl (C=O) groups is 2. The van der Waals surface area contributed by atoms with Crippen molar-refractivity contribution in [1.82, 2.24) is 14.5 Å². The van der Waals surface area contributed by atoms with Crippen LogP contribution in [0.15, 0.2) is 58.4 Å². The van der Waals surface area contributed by atoms with E-state index in [2.05, 4.69) is 10.6 Å². The highest BCUT2D eigenvalue weighted by molar-refractivity contribution is 6.06. The molecule has 2 heterocycles. The quantitative estimate of drug-likeness (QED) is 0.474. The van der Waals surface area contributed by atoms with Crippen molar-refractivity contribution < 1.29 is 19.8 Å². The predicted molar refractivity (Wildman–Crippen MR) is 112 cm³/mol. The van der Waals surface area contributed by atoms with E-state index in [4.69, 9.17) is 0 Å². The molecule has 0 aliphatic rings. The van der Waals surface area contributed by atoms with Crippen molar-refractivity contribution in [3.05, 3.63) is 86.2 Å². The lowest BCUT2D eigenvalue weighted by atomic mass is 10.1. The number of hydrogen-bond acceptors (Lipinski definition) is 6. The van der Waals surface area contributed by atoms with E-state index < -0.39 is 34.4 Å². The molecule has 0 aliphatic heterocycles. The standard InChI is InChI=1S/C21H20N4O6/c1-24-9-7-13(16(26)20(24)30)18(28)22-11-12-5-3-4-6-15(12)23-19(29)14-8-10-25(2)21(31)17(14)27/h3-10,26-27H,11H2,1-2H3,(H,22,28)(H,23,29). The zero-order chi connectivity index (χ0) is 22.7. The number of amides is 2. The zero-order valence-electron chi connectivity index (χ0n) is 16.7. The number of rotatable bonds is 5. The van der Waals surface area contributed by atoms with E-state index in [1.54, 1.807) is 24.3 Å². The first-order chi connectivity index (χ1) is 14.7. The number of aryl methyl sites for hydroxylation is 2. The van der Waals surface area contributed by atoms with Crippen molar-refractivity contribution in [2.45, 2.75) is 6.54 Å². The molecule has 0 fully saturated rings. The Labute approximate surface area is 176 Å².